The van der Waals surface area contributed by atoms with E-state index in [0.717, 1.165) is 39.6 Å². The lowest BCUT2D eigenvalue weighted by Crippen LogP contribution is -2.29. The molecule has 0 saturated carbocycles. The standard InChI is InChI=1S/C25H20BrN5O/c26-17-8-5-16(6-9-17)23-24(29-20-11-7-15-3-1-2-4-19(15)20)30-25(32)31(23)18-10-12-21-22(13-18)28-14-27-21/h1-6,8-10,12-14,20,23H,7,11H2,(H,27,28)(H,29,30,32)/t20-,23+/m0/s1. The van der Waals surface area contributed by atoms with Crippen molar-refractivity contribution in [1.29, 1.82) is 0 Å². The number of imidazole rings is 1. The van der Waals surface area contributed by atoms with Crippen LogP contribution in [0.15, 0.2) is 82.5 Å². The van der Waals surface area contributed by atoms with Gasteiger partial charge in [0.1, 0.15) is 11.9 Å². The number of urea groups is 1. The van der Waals surface area contributed by atoms with Gasteiger partial charge >= 0.3 is 6.03 Å². The van der Waals surface area contributed by atoms with Crippen molar-refractivity contribution in [1.82, 2.24) is 15.3 Å². The largest absolute Gasteiger partial charge is 0.345 e. The first-order chi connectivity index (χ1) is 15.7. The fraction of sp³-hybridized carbons (Fsp3) is 0.160. The van der Waals surface area contributed by atoms with Crippen LogP contribution in [-0.4, -0.2) is 21.8 Å². The number of hydrogen-bond acceptors (Lipinski definition) is 3. The summed E-state index contributed by atoms with van der Waals surface area (Å²) in [4.78, 5) is 27.6. The molecule has 2 heterocycles. The quantitative estimate of drug-likeness (QED) is 0.391. The number of carbonyl (C=O) groups is 1. The second kappa shape index (κ2) is 7.60. The maximum atomic E-state index is 13.2. The summed E-state index contributed by atoms with van der Waals surface area (Å²) in [5, 5.41) is 3.06. The van der Waals surface area contributed by atoms with E-state index in [1.807, 2.05) is 42.5 Å². The van der Waals surface area contributed by atoms with Gasteiger partial charge in [-0.2, -0.15) is 0 Å². The monoisotopic (exact) mass is 485 g/mol. The number of aryl methyl sites for hydroxylation is 1. The minimum atomic E-state index is -0.334. The second-order valence-electron chi connectivity index (χ2n) is 8.13. The molecule has 0 unspecified atom stereocenters. The van der Waals surface area contributed by atoms with E-state index < -0.39 is 0 Å². The normalized spacial score (nSPS) is 21.3. The Kier molecular flexibility index (Phi) is 4.57. The van der Waals surface area contributed by atoms with E-state index in [0.29, 0.717) is 5.84 Å². The van der Waals surface area contributed by atoms with Crippen molar-refractivity contribution < 1.29 is 4.79 Å². The number of nitrogens with zero attached hydrogens (tertiary/aromatic N) is 3. The van der Waals surface area contributed by atoms with Crippen LogP contribution < -0.4 is 10.2 Å². The van der Waals surface area contributed by atoms with E-state index in [1.165, 1.54) is 11.1 Å². The molecule has 0 spiro atoms. The molecule has 2 atom stereocenters. The zero-order valence-electron chi connectivity index (χ0n) is 17.1. The smallest absolute Gasteiger partial charge is 0.328 e. The molecule has 6 rings (SSSR count). The minimum Gasteiger partial charge on any atom is -0.345 e. The van der Waals surface area contributed by atoms with Gasteiger partial charge in [0.05, 0.1) is 23.4 Å². The first-order valence-corrected chi connectivity index (χ1v) is 11.4. The van der Waals surface area contributed by atoms with Crippen LogP contribution in [0.5, 0.6) is 0 Å². The molecule has 4 aromatic rings. The van der Waals surface area contributed by atoms with Crippen LogP contribution in [0.1, 0.15) is 35.2 Å². The van der Waals surface area contributed by atoms with Gasteiger partial charge in [0, 0.05) is 10.2 Å². The molecule has 6 nitrogen and oxygen atoms in total. The summed E-state index contributed by atoms with van der Waals surface area (Å²) < 4.78 is 0.992. The number of H-pyrrole nitrogens is 1. The molecule has 0 radical (unpaired) electrons. The molecule has 158 valence electrons. The lowest BCUT2D eigenvalue weighted by atomic mass is 10.0. The molecule has 1 saturated heterocycles. The predicted molar refractivity (Wildman–Crippen MR) is 129 cm³/mol. The topological polar surface area (TPSA) is 73.4 Å². The highest BCUT2D eigenvalue weighted by molar-refractivity contribution is 9.10. The van der Waals surface area contributed by atoms with Gasteiger partial charge in [-0.05, 0) is 59.9 Å². The highest BCUT2D eigenvalue weighted by Crippen LogP contribution is 2.38. The number of fused-ring (bicyclic) bond motifs is 2. The van der Waals surface area contributed by atoms with Crippen molar-refractivity contribution in [3.63, 3.8) is 0 Å². The number of amidine groups is 1. The van der Waals surface area contributed by atoms with Crippen LogP contribution in [0.2, 0.25) is 0 Å². The van der Waals surface area contributed by atoms with Gasteiger partial charge < -0.3 is 4.98 Å². The molecule has 2 amide bonds. The van der Waals surface area contributed by atoms with Crippen LogP contribution in [0.3, 0.4) is 0 Å². The fourth-order valence-electron chi connectivity index (χ4n) is 4.71. The van der Waals surface area contributed by atoms with Crippen molar-refractivity contribution in [2.45, 2.75) is 24.9 Å². The maximum absolute atomic E-state index is 13.2. The maximum Gasteiger partial charge on any atom is 0.328 e. The van der Waals surface area contributed by atoms with Crippen molar-refractivity contribution in [3.05, 3.63) is 94.2 Å². The van der Waals surface area contributed by atoms with Crippen molar-refractivity contribution in [2.24, 2.45) is 4.99 Å². The number of rotatable bonds is 3. The van der Waals surface area contributed by atoms with Gasteiger partial charge in [-0.1, -0.05) is 52.3 Å². The summed E-state index contributed by atoms with van der Waals surface area (Å²) >= 11 is 3.51. The number of halogens is 1. The van der Waals surface area contributed by atoms with Crippen LogP contribution in [0.25, 0.3) is 11.0 Å². The zero-order chi connectivity index (χ0) is 21.7. The average Bonchev–Trinajstić information content (AvgIpc) is 3.51. The summed E-state index contributed by atoms with van der Waals surface area (Å²) in [7, 11) is 0. The number of nitrogens with one attached hydrogen (secondary N) is 2. The Labute approximate surface area is 193 Å². The fourth-order valence-corrected chi connectivity index (χ4v) is 4.97. The number of anilines is 1. The number of benzene rings is 3. The van der Waals surface area contributed by atoms with Gasteiger partial charge in [0.2, 0.25) is 0 Å². The summed E-state index contributed by atoms with van der Waals surface area (Å²) in [6.07, 6.45) is 3.62. The Morgan fingerprint density at radius 1 is 1.06 bits per heavy atom. The molecule has 2 aliphatic rings. The summed E-state index contributed by atoms with van der Waals surface area (Å²) in [5.74, 6) is 0.682. The molecule has 1 aliphatic carbocycles. The number of amides is 2. The molecule has 1 aliphatic heterocycles. The van der Waals surface area contributed by atoms with E-state index in [-0.39, 0.29) is 18.1 Å². The van der Waals surface area contributed by atoms with Crippen molar-refractivity contribution >= 4 is 44.5 Å². The average molecular weight is 486 g/mol. The minimum absolute atomic E-state index is 0.0493. The molecular weight excluding hydrogens is 466 g/mol. The summed E-state index contributed by atoms with van der Waals surface area (Å²) in [5.41, 5.74) is 6.13. The van der Waals surface area contributed by atoms with E-state index in [9.17, 15) is 4.79 Å². The van der Waals surface area contributed by atoms with E-state index in [4.69, 9.17) is 4.99 Å². The van der Waals surface area contributed by atoms with Gasteiger partial charge in [0.15, 0.2) is 0 Å². The van der Waals surface area contributed by atoms with Gasteiger partial charge in [0.25, 0.3) is 0 Å². The van der Waals surface area contributed by atoms with E-state index >= 15 is 0 Å². The van der Waals surface area contributed by atoms with E-state index in [1.54, 1.807) is 11.2 Å². The third-order valence-corrected chi connectivity index (χ3v) is 6.76. The number of aromatic nitrogens is 2. The van der Waals surface area contributed by atoms with Crippen LogP contribution >= 0.6 is 15.9 Å². The SMILES string of the molecule is O=C1NC(=N[C@H]2CCc3ccccc32)[C@@H](c2ccc(Br)cc2)N1c1ccc2[nH]cnc2c1. The highest BCUT2D eigenvalue weighted by atomic mass is 79.9. The first kappa shape index (κ1) is 19.3. The highest BCUT2D eigenvalue weighted by Gasteiger charge is 2.40. The molecule has 7 heteroatoms. The molecule has 32 heavy (non-hydrogen) atoms. The third-order valence-electron chi connectivity index (χ3n) is 6.24. The predicted octanol–water partition coefficient (Wildman–Crippen LogP) is 5.68. The number of carbonyl (C=O) groups excluding carboxylic acids is 1. The Balaban J connectivity index is 1.46. The molecule has 3 aromatic carbocycles. The summed E-state index contributed by atoms with van der Waals surface area (Å²) in [6, 6.07) is 21.9. The Bertz CT molecular complexity index is 1360. The van der Waals surface area contributed by atoms with Gasteiger partial charge in [-0.3, -0.25) is 15.2 Å². The van der Waals surface area contributed by atoms with Gasteiger partial charge in [-0.25, -0.2) is 9.78 Å². The number of aliphatic imine (C=N–C) groups is 1. The summed E-state index contributed by atoms with van der Waals surface area (Å²) in [6.45, 7) is 0. The molecule has 1 fully saturated rings. The lowest BCUT2D eigenvalue weighted by molar-refractivity contribution is 0.252. The third kappa shape index (κ3) is 3.20. The van der Waals surface area contributed by atoms with Crippen LogP contribution in [0.4, 0.5) is 10.5 Å². The Hall–Kier alpha value is -3.45. The van der Waals surface area contributed by atoms with Crippen molar-refractivity contribution in [2.75, 3.05) is 4.90 Å². The second-order valence-corrected chi connectivity index (χ2v) is 9.04. The first-order valence-electron chi connectivity index (χ1n) is 10.6. The van der Waals surface area contributed by atoms with E-state index in [2.05, 4.69) is 55.5 Å². The van der Waals surface area contributed by atoms with Crippen LogP contribution in [-0.2, 0) is 6.42 Å². The van der Waals surface area contributed by atoms with Crippen LogP contribution in [0, 0.1) is 0 Å². The molecule has 2 N–H and O–H groups in total. The zero-order valence-corrected chi connectivity index (χ0v) is 18.7. The van der Waals surface area contributed by atoms with Crippen molar-refractivity contribution in [3.8, 4) is 0 Å². The Morgan fingerprint density at radius 2 is 1.91 bits per heavy atom. The lowest BCUT2D eigenvalue weighted by Gasteiger charge is -2.24. The Morgan fingerprint density at radius 3 is 2.78 bits per heavy atom. The molecule has 0 bridgehead atoms. The molecular formula is C25H20BrN5O. The number of hydrogen-bond donors (Lipinski definition) is 2. The molecule has 1 aromatic heterocycles. The van der Waals surface area contributed by atoms with Gasteiger partial charge in [-0.15, -0.1) is 0 Å². The number of aromatic amines is 1.